The van der Waals surface area contributed by atoms with Crippen molar-refractivity contribution in [3.63, 3.8) is 0 Å². The summed E-state index contributed by atoms with van der Waals surface area (Å²) in [6, 6.07) is 18.1. The molecule has 2 bridgehead atoms. The Hall–Kier alpha value is -1.86. The molecule has 0 nitrogen and oxygen atoms in total. The van der Waals surface area contributed by atoms with Crippen LogP contribution in [0.15, 0.2) is 70.6 Å². The minimum atomic E-state index is -1.30. The van der Waals surface area contributed by atoms with Gasteiger partial charge in [0.15, 0.2) is 0 Å². The summed E-state index contributed by atoms with van der Waals surface area (Å²) in [4.78, 5) is 0. The van der Waals surface area contributed by atoms with Gasteiger partial charge in [-0.25, -0.2) is 0 Å². The van der Waals surface area contributed by atoms with Crippen LogP contribution in [0.2, 0.25) is 13.1 Å². The van der Waals surface area contributed by atoms with E-state index in [1.807, 2.05) is 5.20 Å². The van der Waals surface area contributed by atoms with E-state index in [1.165, 1.54) is 22.3 Å². The van der Waals surface area contributed by atoms with E-state index in [1.54, 1.807) is 10.8 Å². The van der Waals surface area contributed by atoms with Crippen LogP contribution >= 0.6 is 0 Å². The smallest absolute Gasteiger partial charge is 0.0768 e. The van der Waals surface area contributed by atoms with Gasteiger partial charge in [0, 0.05) is 11.8 Å². The summed E-state index contributed by atoms with van der Waals surface area (Å²) in [5.41, 5.74) is 7.68. The molecule has 0 amide bonds. The van der Waals surface area contributed by atoms with Gasteiger partial charge in [-0.1, -0.05) is 91.9 Å². The second-order valence-electron chi connectivity index (χ2n) is 8.37. The second-order valence-corrected chi connectivity index (χ2v) is 12.7. The molecule has 1 unspecified atom stereocenters. The van der Waals surface area contributed by atoms with E-state index in [9.17, 15) is 0 Å². The highest BCUT2D eigenvalue weighted by Gasteiger charge is 2.55. The maximum absolute atomic E-state index is 2.65. The first-order valence-corrected chi connectivity index (χ1v) is 12.2. The average Bonchev–Trinajstić information content (AvgIpc) is 3.19. The number of rotatable bonds is 2. The van der Waals surface area contributed by atoms with Crippen LogP contribution in [0.3, 0.4) is 0 Å². The normalized spacial score (nSPS) is 23.2. The summed E-state index contributed by atoms with van der Waals surface area (Å²) in [5.74, 6) is 1.79. The summed E-state index contributed by atoms with van der Waals surface area (Å²) in [5, 5.41) is 3.59. The standard InChI is InChI=1S/C23H24Si/c1-14(2)21-20-13-19(23(21)24(20,3)4)22-17-11-7-5-9-15(17)16-10-6-8-12-18(16)22/h5-14,19,22H,1-4H3. The fourth-order valence-electron chi connectivity index (χ4n) is 5.52. The van der Waals surface area contributed by atoms with Gasteiger partial charge in [0.25, 0.3) is 0 Å². The molecule has 2 aromatic carbocycles. The molecule has 2 heterocycles. The van der Waals surface area contributed by atoms with Crippen LogP contribution in [-0.2, 0) is 0 Å². The molecule has 2 aliphatic heterocycles. The highest BCUT2D eigenvalue weighted by atomic mass is 28.3. The molecule has 120 valence electrons. The molecule has 0 saturated heterocycles. The minimum absolute atomic E-state index is 0.521. The maximum Gasteiger partial charge on any atom is 0.108 e. The molecule has 4 aliphatic rings. The largest absolute Gasteiger partial charge is 0.108 e. The topological polar surface area (TPSA) is 0 Å². The van der Waals surface area contributed by atoms with Crippen molar-refractivity contribution < 1.29 is 0 Å². The third kappa shape index (κ3) is 1.59. The SMILES string of the molecule is CC(C)C1=C2C(C3c4ccccc4-c4ccccc43)C=C1[Si]2(C)C. The third-order valence-corrected chi connectivity index (χ3v) is 10.2. The van der Waals surface area contributed by atoms with Crippen molar-refractivity contribution in [2.45, 2.75) is 32.9 Å². The molecular formula is C23H24Si. The monoisotopic (exact) mass is 328 g/mol. The summed E-state index contributed by atoms with van der Waals surface area (Å²) in [6.07, 6.45) is 2.65. The van der Waals surface area contributed by atoms with Crippen LogP contribution in [0.4, 0.5) is 0 Å². The van der Waals surface area contributed by atoms with E-state index in [2.05, 4.69) is 81.5 Å². The van der Waals surface area contributed by atoms with Crippen molar-refractivity contribution in [2.24, 2.45) is 11.8 Å². The molecule has 2 aliphatic carbocycles. The third-order valence-electron chi connectivity index (χ3n) is 6.42. The molecule has 24 heavy (non-hydrogen) atoms. The van der Waals surface area contributed by atoms with Crippen LogP contribution in [0.1, 0.15) is 30.9 Å². The van der Waals surface area contributed by atoms with Gasteiger partial charge in [-0.2, -0.15) is 0 Å². The van der Waals surface area contributed by atoms with Crippen molar-refractivity contribution in [1.29, 1.82) is 0 Å². The molecule has 0 aromatic heterocycles. The highest BCUT2D eigenvalue weighted by molar-refractivity contribution is 6.96. The highest BCUT2D eigenvalue weighted by Crippen LogP contribution is 2.62. The van der Waals surface area contributed by atoms with Gasteiger partial charge in [0.1, 0.15) is 8.07 Å². The zero-order chi connectivity index (χ0) is 16.6. The van der Waals surface area contributed by atoms with Gasteiger partial charge in [-0.3, -0.25) is 0 Å². The van der Waals surface area contributed by atoms with E-state index < -0.39 is 8.07 Å². The Labute approximate surface area is 145 Å². The molecule has 0 fully saturated rings. The zero-order valence-electron chi connectivity index (χ0n) is 14.9. The fourth-order valence-corrected chi connectivity index (χ4v) is 9.50. The van der Waals surface area contributed by atoms with E-state index in [4.69, 9.17) is 0 Å². The molecule has 1 heteroatoms. The lowest BCUT2D eigenvalue weighted by atomic mass is 9.84. The van der Waals surface area contributed by atoms with E-state index in [-0.39, 0.29) is 0 Å². The Kier molecular flexibility index (Phi) is 2.78. The Morgan fingerprint density at radius 1 is 0.833 bits per heavy atom. The summed E-state index contributed by atoms with van der Waals surface area (Å²) in [7, 11) is -1.30. The first-order chi connectivity index (χ1) is 11.5. The summed E-state index contributed by atoms with van der Waals surface area (Å²) >= 11 is 0. The molecular weight excluding hydrogens is 304 g/mol. The van der Waals surface area contributed by atoms with Crippen molar-refractivity contribution >= 4 is 8.07 Å². The van der Waals surface area contributed by atoms with Crippen LogP contribution in [0.5, 0.6) is 0 Å². The fraction of sp³-hybridized carbons (Fsp3) is 0.304. The maximum atomic E-state index is 2.65. The Morgan fingerprint density at radius 3 is 1.88 bits per heavy atom. The number of benzene rings is 2. The van der Waals surface area contributed by atoms with E-state index >= 15 is 0 Å². The minimum Gasteiger partial charge on any atom is -0.0768 e. The first-order valence-electron chi connectivity index (χ1n) is 9.17. The predicted octanol–water partition coefficient (Wildman–Crippen LogP) is 6.11. The van der Waals surface area contributed by atoms with E-state index in [0.29, 0.717) is 17.8 Å². The van der Waals surface area contributed by atoms with Crippen LogP contribution in [0.25, 0.3) is 11.1 Å². The van der Waals surface area contributed by atoms with Gasteiger partial charge < -0.3 is 0 Å². The molecule has 6 rings (SSSR count). The van der Waals surface area contributed by atoms with Gasteiger partial charge in [0.05, 0.1) is 0 Å². The Balaban J connectivity index is 1.71. The number of fused-ring (bicyclic) bond motifs is 4. The number of hydrogen-bond acceptors (Lipinski definition) is 0. The quantitative estimate of drug-likeness (QED) is 0.584. The summed E-state index contributed by atoms with van der Waals surface area (Å²) < 4.78 is 0. The van der Waals surface area contributed by atoms with Crippen molar-refractivity contribution in [3.8, 4) is 11.1 Å². The predicted molar refractivity (Wildman–Crippen MR) is 105 cm³/mol. The van der Waals surface area contributed by atoms with Gasteiger partial charge in [0.2, 0.25) is 0 Å². The molecule has 2 aromatic rings. The van der Waals surface area contributed by atoms with Gasteiger partial charge in [-0.15, -0.1) is 0 Å². The van der Waals surface area contributed by atoms with Crippen LogP contribution < -0.4 is 0 Å². The number of allylic oxidation sites excluding steroid dienone is 4. The molecule has 1 atom stereocenters. The summed E-state index contributed by atoms with van der Waals surface area (Å²) in [6.45, 7) is 9.83. The van der Waals surface area contributed by atoms with Crippen molar-refractivity contribution in [3.05, 3.63) is 81.7 Å². The Bertz CT molecular complexity index is 881. The Morgan fingerprint density at radius 2 is 1.38 bits per heavy atom. The van der Waals surface area contributed by atoms with Crippen LogP contribution in [0, 0.1) is 11.8 Å². The van der Waals surface area contributed by atoms with Crippen molar-refractivity contribution in [1.82, 2.24) is 0 Å². The lowest BCUT2D eigenvalue weighted by Gasteiger charge is -2.41. The number of hydrogen-bond donors (Lipinski definition) is 0. The zero-order valence-corrected chi connectivity index (χ0v) is 15.9. The second kappa shape index (κ2) is 4.61. The average molecular weight is 329 g/mol. The molecule has 0 N–H and O–H groups in total. The van der Waals surface area contributed by atoms with Gasteiger partial charge >= 0.3 is 0 Å². The first kappa shape index (κ1) is 14.5. The van der Waals surface area contributed by atoms with Crippen molar-refractivity contribution in [2.75, 3.05) is 0 Å². The molecule has 0 saturated carbocycles. The molecule has 0 spiro atoms. The van der Waals surface area contributed by atoms with Gasteiger partial charge in [-0.05, 0) is 33.7 Å². The lowest BCUT2D eigenvalue weighted by molar-refractivity contribution is 0.680. The molecule has 0 radical (unpaired) electrons. The lowest BCUT2D eigenvalue weighted by Crippen LogP contribution is -2.42. The van der Waals surface area contributed by atoms with Crippen LogP contribution in [-0.4, -0.2) is 8.07 Å². The van der Waals surface area contributed by atoms with E-state index in [0.717, 1.165) is 0 Å².